The molecule has 17 heavy (non-hydrogen) atoms. The van der Waals surface area contributed by atoms with E-state index in [-0.39, 0.29) is 24.3 Å². The summed E-state index contributed by atoms with van der Waals surface area (Å²) in [5.41, 5.74) is 0.0637. The quantitative estimate of drug-likeness (QED) is 0.704. The second kappa shape index (κ2) is 6.48. The molecule has 3 N–H and O–H groups in total. The monoisotopic (exact) mass is 248 g/mol. The molecule has 6 heteroatoms. The molecule has 0 fully saturated rings. The van der Waals surface area contributed by atoms with Crippen LogP contribution in [-0.4, -0.2) is 34.6 Å². The molecule has 0 saturated carbocycles. The van der Waals surface area contributed by atoms with Crippen molar-refractivity contribution in [1.82, 2.24) is 0 Å². The fraction of sp³-hybridized carbons (Fsp3) is 0.455. The molecule has 2 atom stereocenters. The summed E-state index contributed by atoms with van der Waals surface area (Å²) in [7, 11) is 0. The smallest absolute Gasteiger partial charge is 0.387 e. The number of para-hydroxylation sites is 1. The Kier molecular flexibility index (Phi) is 5.27. The molecule has 4 nitrogen and oxygen atoms in total. The van der Waals surface area contributed by atoms with Gasteiger partial charge in [0.05, 0.1) is 6.10 Å². The van der Waals surface area contributed by atoms with Gasteiger partial charge in [0.25, 0.3) is 0 Å². The number of rotatable bonds is 6. The highest BCUT2D eigenvalue weighted by molar-refractivity contribution is 5.35. The Labute approximate surface area is 97.1 Å². The van der Waals surface area contributed by atoms with Crippen LogP contribution in [0.1, 0.15) is 18.1 Å². The van der Waals surface area contributed by atoms with Crippen LogP contribution in [0.3, 0.4) is 0 Å². The molecule has 96 valence electrons. The van der Waals surface area contributed by atoms with Crippen molar-refractivity contribution >= 4 is 0 Å². The molecule has 1 rings (SSSR count). The van der Waals surface area contributed by atoms with Crippen molar-refractivity contribution < 1.29 is 28.8 Å². The zero-order valence-electron chi connectivity index (χ0n) is 8.96. The molecule has 0 saturated heterocycles. The van der Waals surface area contributed by atoms with E-state index in [9.17, 15) is 19.0 Å². The van der Waals surface area contributed by atoms with Gasteiger partial charge in [-0.15, -0.1) is 0 Å². The molecular formula is C11H14F2O4. The number of hydrogen-bond acceptors (Lipinski definition) is 4. The van der Waals surface area contributed by atoms with Crippen LogP contribution in [-0.2, 0) is 0 Å². The molecule has 0 aliphatic rings. The van der Waals surface area contributed by atoms with Crippen molar-refractivity contribution in [3.05, 3.63) is 29.8 Å². The Bertz CT molecular complexity index is 346. The maximum Gasteiger partial charge on any atom is 0.387 e. The van der Waals surface area contributed by atoms with Gasteiger partial charge in [0.15, 0.2) is 0 Å². The SMILES string of the molecule is OCCC(O)C(O)c1ccccc1OC(F)F. The summed E-state index contributed by atoms with van der Waals surface area (Å²) < 4.78 is 28.4. The number of alkyl halides is 2. The Hall–Kier alpha value is -1.24. The standard InChI is InChI=1S/C11H14F2O4/c12-11(13)17-9-4-2-1-3-7(9)10(16)8(15)5-6-14/h1-4,8,10-11,14-16H,5-6H2. The lowest BCUT2D eigenvalue weighted by atomic mass is 10.0. The Morgan fingerprint density at radius 1 is 1.18 bits per heavy atom. The van der Waals surface area contributed by atoms with Crippen molar-refractivity contribution in [2.24, 2.45) is 0 Å². The second-order valence-corrected chi connectivity index (χ2v) is 3.44. The van der Waals surface area contributed by atoms with Gasteiger partial charge < -0.3 is 20.1 Å². The van der Waals surface area contributed by atoms with E-state index < -0.39 is 18.8 Å². The molecule has 0 spiro atoms. The number of benzene rings is 1. The third-order valence-electron chi connectivity index (χ3n) is 2.24. The summed E-state index contributed by atoms with van der Waals surface area (Å²) in [6.45, 7) is -3.31. The molecule has 1 aromatic rings. The number of ether oxygens (including phenoxy) is 1. The number of halogens is 2. The lowest BCUT2D eigenvalue weighted by Crippen LogP contribution is -2.20. The molecule has 0 aliphatic heterocycles. The molecule has 0 aliphatic carbocycles. The van der Waals surface area contributed by atoms with E-state index in [1.165, 1.54) is 24.3 Å². The topological polar surface area (TPSA) is 69.9 Å². The zero-order chi connectivity index (χ0) is 12.8. The number of aliphatic hydroxyl groups is 3. The van der Waals surface area contributed by atoms with Crippen molar-refractivity contribution in [1.29, 1.82) is 0 Å². The van der Waals surface area contributed by atoms with Crippen LogP contribution in [0.5, 0.6) is 5.75 Å². The summed E-state index contributed by atoms with van der Waals surface area (Å²) in [5.74, 6) is -0.188. The first-order valence-electron chi connectivity index (χ1n) is 5.07. The van der Waals surface area contributed by atoms with E-state index in [4.69, 9.17) is 5.11 Å². The molecule has 0 bridgehead atoms. The van der Waals surface area contributed by atoms with E-state index >= 15 is 0 Å². The summed E-state index contributed by atoms with van der Waals surface area (Å²) in [4.78, 5) is 0. The van der Waals surface area contributed by atoms with Crippen molar-refractivity contribution in [3.8, 4) is 5.75 Å². The minimum Gasteiger partial charge on any atom is -0.434 e. The summed E-state index contributed by atoms with van der Waals surface area (Å²) in [6, 6.07) is 5.66. The van der Waals surface area contributed by atoms with Gasteiger partial charge in [0.1, 0.15) is 11.9 Å². The maximum atomic E-state index is 12.1. The normalized spacial score (nSPS) is 14.7. The lowest BCUT2D eigenvalue weighted by Gasteiger charge is -2.19. The molecular weight excluding hydrogens is 234 g/mol. The Morgan fingerprint density at radius 3 is 2.41 bits per heavy atom. The van der Waals surface area contributed by atoms with E-state index in [1.54, 1.807) is 0 Å². The Balaban J connectivity index is 2.88. The van der Waals surface area contributed by atoms with Crippen LogP contribution in [0.25, 0.3) is 0 Å². The lowest BCUT2D eigenvalue weighted by molar-refractivity contribution is -0.0544. The minimum absolute atomic E-state index is 0.0514. The average Bonchev–Trinajstić information content (AvgIpc) is 2.28. The Morgan fingerprint density at radius 2 is 1.82 bits per heavy atom. The first-order chi connectivity index (χ1) is 8.06. The average molecular weight is 248 g/mol. The van der Waals surface area contributed by atoms with Gasteiger partial charge in [0, 0.05) is 12.2 Å². The van der Waals surface area contributed by atoms with Gasteiger partial charge in [0.2, 0.25) is 0 Å². The van der Waals surface area contributed by atoms with Crippen molar-refractivity contribution in [2.45, 2.75) is 25.2 Å². The molecule has 0 amide bonds. The highest BCUT2D eigenvalue weighted by atomic mass is 19.3. The van der Waals surface area contributed by atoms with E-state index in [2.05, 4.69) is 4.74 Å². The van der Waals surface area contributed by atoms with Crippen LogP contribution < -0.4 is 4.74 Å². The number of hydrogen-bond donors (Lipinski definition) is 3. The van der Waals surface area contributed by atoms with E-state index in [0.717, 1.165) is 0 Å². The highest BCUT2D eigenvalue weighted by Crippen LogP contribution is 2.29. The van der Waals surface area contributed by atoms with Crippen LogP contribution in [0.4, 0.5) is 8.78 Å². The van der Waals surface area contributed by atoms with Gasteiger partial charge in [-0.1, -0.05) is 18.2 Å². The third-order valence-corrected chi connectivity index (χ3v) is 2.24. The van der Waals surface area contributed by atoms with Gasteiger partial charge in [-0.3, -0.25) is 0 Å². The second-order valence-electron chi connectivity index (χ2n) is 3.44. The van der Waals surface area contributed by atoms with E-state index in [0.29, 0.717) is 0 Å². The van der Waals surface area contributed by atoms with E-state index in [1.807, 2.05) is 0 Å². The summed E-state index contributed by atoms with van der Waals surface area (Å²) in [6.07, 6.45) is -2.66. The predicted octanol–water partition coefficient (Wildman–Crippen LogP) is 1.06. The third kappa shape index (κ3) is 3.92. The van der Waals surface area contributed by atoms with Gasteiger partial charge in [-0.2, -0.15) is 8.78 Å². The van der Waals surface area contributed by atoms with Crippen molar-refractivity contribution in [2.75, 3.05) is 6.61 Å². The predicted molar refractivity (Wildman–Crippen MR) is 55.7 cm³/mol. The van der Waals surface area contributed by atoms with Crippen LogP contribution in [0, 0.1) is 0 Å². The van der Waals surface area contributed by atoms with Crippen LogP contribution in [0.15, 0.2) is 24.3 Å². The number of aliphatic hydroxyl groups excluding tert-OH is 3. The minimum atomic E-state index is -3.00. The van der Waals surface area contributed by atoms with Crippen molar-refractivity contribution in [3.63, 3.8) is 0 Å². The van der Waals surface area contributed by atoms with Gasteiger partial charge in [-0.05, 0) is 12.5 Å². The maximum absolute atomic E-state index is 12.1. The largest absolute Gasteiger partial charge is 0.434 e. The molecule has 1 aromatic carbocycles. The fourth-order valence-corrected chi connectivity index (χ4v) is 1.43. The molecule has 0 radical (unpaired) electrons. The molecule has 2 unspecified atom stereocenters. The summed E-state index contributed by atoms with van der Waals surface area (Å²) >= 11 is 0. The first-order valence-corrected chi connectivity index (χ1v) is 5.07. The highest BCUT2D eigenvalue weighted by Gasteiger charge is 2.22. The van der Waals surface area contributed by atoms with Crippen LogP contribution >= 0.6 is 0 Å². The zero-order valence-corrected chi connectivity index (χ0v) is 8.96. The van der Waals surface area contributed by atoms with Gasteiger partial charge in [-0.25, -0.2) is 0 Å². The van der Waals surface area contributed by atoms with Gasteiger partial charge >= 0.3 is 6.61 Å². The fourth-order valence-electron chi connectivity index (χ4n) is 1.43. The molecule has 0 aromatic heterocycles. The molecule has 0 heterocycles. The first kappa shape index (κ1) is 13.8. The van der Waals surface area contributed by atoms with Crippen LogP contribution in [0.2, 0.25) is 0 Å². The summed E-state index contributed by atoms with van der Waals surface area (Å²) in [5, 5.41) is 27.8.